The minimum Gasteiger partial charge on any atom is -0.346 e. The maximum absolute atomic E-state index is 13.4. The van der Waals surface area contributed by atoms with Crippen LogP contribution in [-0.2, 0) is 0 Å². The van der Waals surface area contributed by atoms with Crippen molar-refractivity contribution in [2.45, 2.75) is 25.8 Å². The summed E-state index contributed by atoms with van der Waals surface area (Å²) in [5, 5.41) is 3.23. The van der Waals surface area contributed by atoms with Gasteiger partial charge in [-0.05, 0) is 25.5 Å². The number of rotatable bonds is 4. The number of hydrogen-bond acceptors (Lipinski definition) is 1. The maximum Gasteiger partial charge on any atom is 0.254 e. The molecule has 0 heterocycles. The van der Waals surface area contributed by atoms with Crippen LogP contribution in [0.25, 0.3) is 0 Å². The summed E-state index contributed by atoms with van der Waals surface area (Å²) in [4.78, 5) is 11.8. The zero-order chi connectivity index (χ0) is 13.1. The van der Waals surface area contributed by atoms with Crippen LogP contribution in [0.2, 0.25) is 0 Å². The lowest BCUT2D eigenvalue weighted by molar-refractivity contribution is 0.0908. The molecule has 0 spiro atoms. The molecule has 1 rings (SSSR count). The van der Waals surface area contributed by atoms with E-state index in [1.54, 1.807) is 0 Å². The molecule has 0 aliphatic rings. The van der Waals surface area contributed by atoms with Gasteiger partial charge in [-0.25, -0.2) is 8.78 Å². The Morgan fingerprint density at radius 1 is 1.47 bits per heavy atom. The summed E-state index contributed by atoms with van der Waals surface area (Å²) in [7, 11) is 0. The lowest BCUT2D eigenvalue weighted by Crippen LogP contribution is -2.47. The van der Waals surface area contributed by atoms with E-state index < -0.39 is 23.1 Å². The third kappa shape index (κ3) is 3.25. The highest BCUT2D eigenvalue weighted by Crippen LogP contribution is 2.16. The van der Waals surface area contributed by atoms with E-state index in [1.807, 2.05) is 13.8 Å². The summed E-state index contributed by atoms with van der Waals surface area (Å²) in [6, 6.07) is 3.55. The van der Waals surface area contributed by atoms with Gasteiger partial charge < -0.3 is 5.32 Å². The lowest BCUT2D eigenvalue weighted by Gasteiger charge is -2.27. The Balaban J connectivity index is 2.94. The minimum atomic E-state index is -1.11. The first-order valence-electron chi connectivity index (χ1n) is 5.26. The van der Waals surface area contributed by atoms with E-state index >= 15 is 0 Å². The number of benzene rings is 1. The SMILES string of the molecule is CCC(C)(CBr)NC(=O)c1cccc(F)c1F. The van der Waals surface area contributed by atoms with Crippen LogP contribution in [0.4, 0.5) is 8.78 Å². The second-order valence-corrected chi connectivity index (χ2v) is 4.66. The summed E-state index contributed by atoms with van der Waals surface area (Å²) < 4.78 is 26.4. The van der Waals surface area contributed by atoms with Crippen molar-refractivity contribution < 1.29 is 13.6 Å². The number of carbonyl (C=O) groups is 1. The Morgan fingerprint density at radius 3 is 2.65 bits per heavy atom. The van der Waals surface area contributed by atoms with E-state index in [-0.39, 0.29) is 5.56 Å². The highest BCUT2D eigenvalue weighted by atomic mass is 79.9. The van der Waals surface area contributed by atoms with E-state index in [0.717, 1.165) is 6.07 Å². The topological polar surface area (TPSA) is 29.1 Å². The van der Waals surface area contributed by atoms with Gasteiger partial charge in [-0.2, -0.15) is 0 Å². The van der Waals surface area contributed by atoms with Crippen molar-refractivity contribution in [3.8, 4) is 0 Å². The molecule has 0 aromatic heterocycles. The molecule has 0 saturated heterocycles. The van der Waals surface area contributed by atoms with Gasteiger partial charge in [0, 0.05) is 10.9 Å². The van der Waals surface area contributed by atoms with Crippen molar-refractivity contribution in [1.82, 2.24) is 5.32 Å². The Labute approximate surface area is 108 Å². The lowest BCUT2D eigenvalue weighted by atomic mass is 10.0. The van der Waals surface area contributed by atoms with E-state index in [0.29, 0.717) is 11.8 Å². The normalized spacial score (nSPS) is 14.2. The molecule has 0 aliphatic heterocycles. The first-order valence-corrected chi connectivity index (χ1v) is 6.38. The van der Waals surface area contributed by atoms with Gasteiger partial charge in [0.15, 0.2) is 11.6 Å². The number of hydrogen-bond donors (Lipinski definition) is 1. The van der Waals surface area contributed by atoms with Crippen molar-refractivity contribution in [2.75, 3.05) is 5.33 Å². The minimum absolute atomic E-state index is 0.273. The molecule has 0 fully saturated rings. The van der Waals surface area contributed by atoms with Crippen LogP contribution in [0.5, 0.6) is 0 Å². The van der Waals surface area contributed by atoms with E-state index in [9.17, 15) is 13.6 Å². The molecule has 1 amide bonds. The summed E-state index contributed by atoms with van der Waals surface area (Å²) >= 11 is 3.28. The van der Waals surface area contributed by atoms with Crippen LogP contribution in [0.15, 0.2) is 18.2 Å². The average Bonchev–Trinajstić information content (AvgIpc) is 2.32. The van der Waals surface area contributed by atoms with Crippen molar-refractivity contribution in [2.24, 2.45) is 0 Å². The maximum atomic E-state index is 13.4. The third-order valence-corrected chi connectivity index (χ3v) is 3.92. The number of carbonyl (C=O) groups excluding carboxylic acids is 1. The van der Waals surface area contributed by atoms with Gasteiger partial charge in [-0.15, -0.1) is 0 Å². The monoisotopic (exact) mass is 305 g/mol. The molecule has 1 unspecified atom stereocenters. The molecular formula is C12H14BrF2NO. The van der Waals surface area contributed by atoms with Crippen molar-refractivity contribution in [3.05, 3.63) is 35.4 Å². The smallest absolute Gasteiger partial charge is 0.254 e. The molecule has 1 N–H and O–H groups in total. The molecule has 17 heavy (non-hydrogen) atoms. The summed E-state index contributed by atoms with van der Waals surface area (Å²) in [6.07, 6.45) is 0.681. The molecular weight excluding hydrogens is 292 g/mol. The molecule has 0 radical (unpaired) electrons. The zero-order valence-electron chi connectivity index (χ0n) is 9.69. The van der Waals surface area contributed by atoms with Crippen molar-refractivity contribution >= 4 is 21.8 Å². The quantitative estimate of drug-likeness (QED) is 0.850. The fourth-order valence-electron chi connectivity index (χ4n) is 1.24. The molecule has 1 aromatic carbocycles. The number of amides is 1. The van der Waals surface area contributed by atoms with Crippen LogP contribution in [-0.4, -0.2) is 16.8 Å². The second-order valence-electron chi connectivity index (χ2n) is 4.10. The highest BCUT2D eigenvalue weighted by molar-refractivity contribution is 9.09. The van der Waals surface area contributed by atoms with Crippen LogP contribution in [0, 0.1) is 11.6 Å². The van der Waals surface area contributed by atoms with Gasteiger partial charge in [-0.3, -0.25) is 4.79 Å². The van der Waals surface area contributed by atoms with Gasteiger partial charge in [0.2, 0.25) is 0 Å². The van der Waals surface area contributed by atoms with Crippen LogP contribution < -0.4 is 5.32 Å². The standard InChI is InChI=1S/C12H14BrF2NO/c1-3-12(2,7-13)16-11(17)8-5-4-6-9(14)10(8)15/h4-6H,3,7H2,1-2H3,(H,16,17). The molecule has 0 aliphatic carbocycles. The third-order valence-electron chi connectivity index (χ3n) is 2.69. The molecule has 1 atom stereocenters. The second kappa shape index (κ2) is 5.58. The summed E-state index contributed by atoms with van der Waals surface area (Å²) in [5.41, 5.74) is -0.749. The number of halogens is 3. The van der Waals surface area contributed by atoms with E-state index in [1.165, 1.54) is 12.1 Å². The number of alkyl halides is 1. The Bertz CT molecular complexity index is 419. The van der Waals surface area contributed by atoms with Gasteiger partial charge >= 0.3 is 0 Å². The van der Waals surface area contributed by atoms with Gasteiger partial charge in [-0.1, -0.05) is 28.9 Å². The van der Waals surface area contributed by atoms with Crippen LogP contribution >= 0.6 is 15.9 Å². The van der Waals surface area contributed by atoms with Crippen molar-refractivity contribution in [1.29, 1.82) is 0 Å². The first-order chi connectivity index (χ1) is 7.93. The molecule has 0 saturated carbocycles. The predicted octanol–water partition coefficient (Wildman–Crippen LogP) is 3.26. The Morgan fingerprint density at radius 2 is 2.12 bits per heavy atom. The summed E-state index contributed by atoms with van der Waals surface area (Å²) in [5.74, 6) is -2.74. The fourth-order valence-corrected chi connectivity index (χ4v) is 1.77. The van der Waals surface area contributed by atoms with Gasteiger partial charge in [0.05, 0.1) is 5.56 Å². The molecule has 2 nitrogen and oxygen atoms in total. The van der Waals surface area contributed by atoms with Crippen LogP contribution in [0.1, 0.15) is 30.6 Å². The fraction of sp³-hybridized carbons (Fsp3) is 0.417. The van der Waals surface area contributed by atoms with Crippen LogP contribution in [0.3, 0.4) is 0 Å². The first kappa shape index (κ1) is 14.1. The van der Waals surface area contributed by atoms with E-state index in [4.69, 9.17) is 0 Å². The summed E-state index contributed by atoms with van der Waals surface area (Å²) in [6.45, 7) is 3.74. The highest BCUT2D eigenvalue weighted by Gasteiger charge is 2.25. The zero-order valence-corrected chi connectivity index (χ0v) is 11.3. The molecule has 1 aromatic rings. The van der Waals surface area contributed by atoms with Gasteiger partial charge in [0.1, 0.15) is 0 Å². The van der Waals surface area contributed by atoms with E-state index in [2.05, 4.69) is 21.2 Å². The molecule has 0 bridgehead atoms. The molecule has 5 heteroatoms. The predicted molar refractivity (Wildman–Crippen MR) is 66.3 cm³/mol. The Kier molecular flexibility index (Phi) is 4.62. The number of nitrogens with one attached hydrogen (secondary N) is 1. The average molecular weight is 306 g/mol. The van der Waals surface area contributed by atoms with Crippen molar-refractivity contribution in [3.63, 3.8) is 0 Å². The molecule has 94 valence electrons. The Hall–Kier alpha value is -0.970. The van der Waals surface area contributed by atoms with Gasteiger partial charge in [0.25, 0.3) is 5.91 Å². The largest absolute Gasteiger partial charge is 0.346 e.